The Hall–Kier alpha value is -4.93. The number of amides is 2. The van der Waals surface area contributed by atoms with Crippen LogP contribution in [0.4, 0.5) is 0 Å². The first-order valence-electron chi connectivity index (χ1n) is 39.4. The Morgan fingerprint density at radius 3 is 1.34 bits per heavy atom. The van der Waals surface area contributed by atoms with Gasteiger partial charge in [0.25, 0.3) is 0 Å². The average molecular weight is 1480 g/mol. The van der Waals surface area contributed by atoms with Gasteiger partial charge in [0.15, 0.2) is 0 Å². The maximum Gasteiger partial charge on any atom is 0.0905 e. The van der Waals surface area contributed by atoms with Gasteiger partial charge in [0.1, 0.15) is 5.75 Å². The van der Waals surface area contributed by atoms with Crippen LogP contribution in [0.3, 0.4) is 0 Å². The number of allylic oxidation sites excluding steroid dienone is 2. The molecule has 3 fully saturated rings. The number of unbranched alkanes of at least 4 members (excludes halogenated alkanes) is 16. The number of hydrogen-bond donors (Lipinski definition) is 0. The van der Waals surface area contributed by atoms with Crippen molar-refractivity contribution >= 4 is 55.5 Å². The van der Waals surface area contributed by atoms with Crippen molar-refractivity contribution < 1.29 is 57.2 Å². The van der Waals surface area contributed by atoms with E-state index >= 15 is 0 Å². The first-order valence-corrected chi connectivity index (χ1v) is 43.9. The maximum absolute atomic E-state index is 13.5. The summed E-state index contributed by atoms with van der Waals surface area (Å²) in [4.78, 5) is 81.3. The predicted octanol–water partition coefficient (Wildman–Crippen LogP) is 20.0. The van der Waals surface area contributed by atoms with Crippen LogP contribution in [0, 0.1) is 29.6 Å². The van der Waals surface area contributed by atoms with E-state index in [9.17, 15) is 28.8 Å². The first kappa shape index (κ1) is 83.7. The quantitative estimate of drug-likeness (QED) is 0.0117. The minimum absolute atomic E-state index is 0.0900. The number of benzene rings is 2. The number of ether oxygens (including phenoxy) is 6. The van der Waals surface area contributed by atoms with Crippen LogP contribution >= 0.6 is 19.8 Å². The number of carbonyl (C=O) groups is 6. The molecule has 14 nitrogen and oxygen atoms in total. The maximum atomic E-state index is 13.5. The van der Waals surface area contributed by atoms with E-state index < -0.39 is 19.8 Å². The van der Waals surface area contributed by atoms with Crippen LogP contribution in [0.15, 0.2) is 73.2 Å². The van der Waals surface area contributed by atoms with Gasteiger partial charge >= 0.3 is 242 Å². The number of alkyl halides is 3. The van der Waals surface area contributed by atoms with Crippen molar-refractivity contribution in [1.29, 1.82) is 0 Å². The van der Waals surface area contributed by atoms with Gasteiger partial charge < -0.3 is 23.7 Å². The molecule has 2 heterocycles. The molecular formula is C83H133IN2O12. The Labute approximate surface area is 601 Å². The molecule has 2 atom stereocenters. The number of piperazine rings is 1. The SMILES string of the molecule is C=C(CCCCCCCC(=C)Oc1ccc(CC(=O)OCCC2CCC(CC(=O)N3CCN(C(=O)CI4CCC(CCOC(=O)Cc5ccc(OC(=O)CCCCCCCC(=O)OCC(CCCC)CCCCCC)cc5)CC4)CC3)CC2)cc1)OCC(CCCC)CCCCCC. The zero-order valence-electron chi connectivity index (χ0n) is 61.9. The van der Waals surface area contributed by atoms with Gasteiger partial charge in [0.05, 0.1) is 37.8 Å². The van der Waals surface area contributed by atoms with Gasteiger partial charge in [-0.1, -0.05) is 169 Å². The second kappa shape index (κ2) is 52.1. The van der Waals surface area contributed by atoms with Gasteiger partial charge in [0, 0.05) is 25.7 Å². The van der Waals surface area contributed by atoms with Crippen LogP contribution in [0.1, 0.15) is 289 Å². The molecule has 2 unspecified atom stereocenters. The third-order valence-corrected chi connectivity index (χ3v) is 26.5. The Kier molecular flexibility index (Phi) is 44.5. The third-order valence-electron chi connectivity index (χ3n) is 20.4. The van der Waals surface area contributed by atoms with E-state index in [0.717, 1.165) is 172 Å². The predicted molar refractivity (Wildman–Crippen MR) is 406 cm³/mol. The number of hydrogen-bond acceptors (Lipinski definition) is 12. The van der Waals surface area contributed by atoms with E-state index in [0.29, 0.717) is 105 Å². The van der Waals surface area contributed by atoms with Crippen molar-refractivity contribution in [3.8, 4) is 11.5 Å². The van der Waals surface area contributed by atoms with Gasteiger partial charge in [-0.25, -0.2) is 0 Å². The summed E-state index contributed by atoms with van der Waals surface area (Å²) in [6, 6.07) is 14.7. The van der Waals surface area contributed by atoms with Crippen LogP contribution in [0.2, 0.25) is 0 Å². The molecule has 2 saturated heterocycles. The molecule has 98 heavy (non-hydrogen) atoms. The summed E-state index contributed by atoms with van der Waals surface area (Å²) in [5.41, 5.74) is 1.69. The molecule has 2 aromatic rings. The van der Waals surface area contributed by atoms with Gasteiger partial charge in [-0.15, -0.1) is 0 Å². The zero-order valence-corrected chi connectivity index (χ0v) is 64.0. The summed E-state index contributed by atoms with van der Waals surface area (Å²) in [5.74, 6) is 5.02. The van der Waals surface area contributed by atoms with Crippen molar-refractivity contribution in [2.75, 3.05) is 65.9 Å². The van der Waals surface area contributed by atoms with Crippen molar-refractivity contribution in [2.24, 2.45) is 29.6 Å². The molecule has 0 bridgehead atoms. The smallest absolute Gasteiger partial charge is 0.0905 e. The third kappa shape index (κ3) is 38.2. The topological polar surface area (TPSA) is 164 Å². The number of halogens is 1. The van der Waals surface area contributed by atoms with E-state index in [1.165, 1.54) is 103 Å². The fraction of sp³-hybridized carbons (Fsp3) is 0.735. The number of nitrogens with zero attached hydrogens (tertiary/aromatic N) is 2. The van der Waals surface area contributed by atoms with Crippen LogP contribution in [-0.2, 0) is 60.6 Å². The molecule has 554 valence electrons. The molecule has 5 rings (SSSR count). The molecule has 0 aromatic heterocycles. The van der Waals surface area contributed by atoms with Crippen molar-refractivity contribution in [3.63, 3.8) is 0 Å². The fourth-order valence-corrected chi connectivity index (χ4v) is 20.1. The van der Waals surface area contributed by atoms with Crippen molar-refractivity contribution in [1.82, 2.24) is 9.80 Å². The minimum Gasteiger partial charge on any atom is -0.498 e. The molecule has 15 heteroatoms. The van der Waals surface area contributed by atoms with Gasteiger partial charge in [-0.05, 0) is 87.3 Å². The molecule has 0 spiro atoms. The summed E-state index contributed by atoms with van der Waals surface area (Å²) in [6.45, 7) is 22.0. The van der Waals surface area contributed by atoms with E-state index in [1.54, 1.807) is 24.3 Å². The average Bonchev–Trinajstić information content (AvgIpc) is 0.941. The van der Waals surface area contributed by atoms with Gasteiger partial charge in [-0.2, -0.15) is 0 Å². The summed E-state index contributed by atoms with van der Waals surface area (Å²) in [5, 5.41) is 0. The normalized spacial score (nSPS) is 16.8. The Morgan fingerprint density at radius 2 is 0.827 bits per heavy atom. The van der Waals surface area contributed by atoms with Gasteiger partial charge in [-0.3, -0.25) is 14.4 Å². The molecular weight excluding hydrogens is 1340 g/mol. The number of esters is 4. The summed E-state index contributed by atoms with van der Waals surface area (Å²) < 4.78 is 37.7. The van der Waals surface area contributed by atoms with E-state index in [1.807, 2.05) is 34.1 Å². The second-order valence-electron chi connectivity index (χ2n) is 28.9. The standard InChI is InChI=1S/C83H133IN2O12/c1-7-11-15-25-33-74(31-13-9-3)65-95-67(5)29-23-19-17-20-24-30-68(6)97-76-45-41-72(42-46-76)62-82(91)93-59-51-69-37-39-71(40-38-69)61-78(87)85-55-57-86(58-56-85)79(88)64-84-53-49-70(50-54-84)52-60-94-83(92)63-73-43-47-77(48-44-73)98-81(90)36-28-22-18-21-27-35-80(89)96-66-75(32-14-10-4)34-26-16-12-8-2/h41-48,69-71,74-75H,5-40,49-66H2,1-4H3. The van der Waals surface area contributed by atoms with Crippen molar-refractivity contribution in [2.45, 2.75) is 291 Å². The molecule has 3 aliphatic rings. The zero-order chi connectivity index (χ0) is 70.2. The summed E-state index contributed by atoms with van der Waals surface area (Å²) in [7, 11) is 0. The Morgan fingerprint density at radius 1 is 0.418 bits per heavy atom. The molecule has 0 radical (unpaired) electrons. The van der Waals surface area contributed by atoms with E-state index in [-0.39, 0.29) is 48.5 Å². The Bertz CT molecular complexity index is 2360. The van der Waals surface area contributed by atoms with Gasteiger partial charge in [0.2, 0.25) is 0 Å². The molecule has 2 amide bonds. The molecule has 1 aliphatic carbocycles. The van der Waals surface area contributed by atoms with Crippen molar-refractivity contribution in [3.05, 3.63) is 84.3 Å². The fourth-order valence-electron chi connectivity index (χ4n) is 13.9. The summed E-state index contributed by atoms with van der Waals surface area (Å²) >= 11 is -1.40. The van der Waals surface area contributed by atoms with E-state index in [2.05, 4.69) is 40.9 Å². The molecule has 2 aliphatic heterocycles. The van der Waals surface area contributed by atoms with Crippen LogP contribution in [0.25, 0.3) is 0 Å². The molecule has 0 N–H and O–H groups in total. The molecule has 2 aromatic carbocycles. The van der Waals surface area contributed by atoms with Crippen LogP contribution in [0.5, 0.6) is 11.5 Å². The van der Waals surface area contributed by atoms with Crippen LogP contribution < -0.4 is 9.47 Å². The Balaban J connectivity index is 0.806. The minimum atomic E-state index is -1.40. The van der Waals surface area contributed by atoms with E-state index in [4.69, 9.17) is 28.4 Å². The second-order valence-corrected chi connectivity index (χ2v) is 35.1. The number of carbonyl (C=O) groups excluding carboxylic acids is 6. The largest absolute Gasteiger partial charge is 0.498 e. The monoisotopic (exact) mass is 1480 g/mol. The summed E-state index contributed by atoms with van der Waals surface area (Å²) in [6.07, 6.45) is 41.4. The first-order chi connectivity index (χ1) is 47.7. The molecule has 1 saturated carbocycles. The van der Waals surface area contributed by atoms with Crippen LogP contribution in [-0.4, -0.2) is 111 Å². The number of rotatable bonds is 54.